The normalized spacial score (nSPS) is 21.1. The summed E-state index contributed by atoms with van der Waals surface area (Å²) in [6.07, 6.45) is 0.887. The maximum Gasteiger partial charge on any atom is 0.317 e. The molecule has 0 amide bonds. The molecule has 0 aromatic heterocycles. The lowest BCUT2D eigenvalue weighted by molar-refractivity contribution is -0.149. The fourth-order valence-corrected chi connectivity index (χ4v) is 2.55. The summed E-state index contributed by atoms with van der Waals surface area (Å²) in [7, 11) is 0. The minimum Gasteiger partial charge on any atom is -0.480 e. The van der Waals surface area contributed by atoms with E-state index in [2.05, 4.69) is 0 Å². The second-order valence-corrected chi connectivity index (χ2v) is 4.49. The topological polar surface area (TPSA) is 57.5 Å². The van der Waals surface area contributed by atoms with Crippen LogP contribution in [0.5, 0.6) is 0 Å². The van der Waals surface area contributed by atoms with Crippen molar-refractivity contribution in [2.75, 3.05) is 0 Å². The van der Waals surface area contributed by atoms with E-state index in [1.165, 1.54) is 0 Å². The summed E-state index contributed by atoms with van der Waals surface area (Å²) in [6, 6.07) is 9.07. The van der Waals surface area contributed by atoms with Gasteiger partial charge in [-0.15, -0.1) is 0 Å². The van der Waals surface area contributed by atoms with Gasteiger partial charge in [0.25, 0.3) is 0 Å². The van der Waals surface area contributed by atoms with Crippen molar-refractivity contribution in [1.82, 2.24) is 0 Å². The fraction of sp³-hybridized carbons (Fsp3) is 0.462. The molecule has 0 radical (unpaired) electrons. The minimum atomic E-state index is -1.12. The lowest BCUT2D eigenvalue weighted by Gasteiger charge is -2.33. The van der Waals surface area contributed by atoms with Gasteiger partial charge in [-0.25, -0.2) is 0 Å². The molecule has 2 unspecified atom stereocenters. The van der Waals surface area contributed by atoms with Gasteiger partial charge in [-0.05, 0) is 31.2 Å². The van der Waals surface area contributed by atoms with E-state index >= 15 is 0 Å². The highest BCUT2D eigenvalue weighted by Gasteiger charge is 2.55. The number of rotatable bonds is 4. The number of hydrogen-bond donors (Lipinski definition) is 2. The Labute approximate surface area is 94.7 Å². The largest absolute Gasteiger partial charge is 0.480 e. The van der Waals surface area contributed by atoms with E-state index in [1.54, 1.807) is 19.1 Å². The van der Waals surface area contributed by atoms with Crippen LogP contribution in [-0.4, -0.2) is 22.3 Å². The fourth-order valence-electron chi connectivity index (χ4n) is 2.55. The van der Waals surface area contributed by atoms with Crippen molar-refractivity contribution in [3.05, 3.63) is 35.9 Å². The van der Waals surface area contributed by atoms with Gasteiger partial charge in [0.05, 0.1) is 6.10 Å². The maximum atomic E-state index is 11.6. The van der Waals surface area contributed by atoms with Crippen molar-refractivity contribution in [1.29, 1.82) is 0 Å². The predicted molar refractivity (Wildman–Crippen MR) is 60.2 cm³/mol. The second-order valence-electron chi connectivity index (χ2n) is 4.49. The third-order valence-electron chi connectivity index (χ3n) is 3.49. The van der Waals surface area contributed by atoms with Crippen LogP contribution in [0.15, 0.2) is 30.3 Å². The van der Waals surface area contributed by atoms with Crippen molar-refractivity contribution in [3.63, 3.8) is 0 Å². The van der Waals surface area contributed by atoms with E-state index in [0.29, 0.717) is 5.56 Å². The van der Waals surface area contributed by atoms with Crippen molar-refractivity contribution in [2.45, 2.75) is 31.3 Å². The molecule has 1 aliphatic rings. The summed E-state index contributed by atoms with van der Waals surface area (Å²) in [5.74, 6) is -0.858. The number of aliphatic carboxylic acids is 1. The number of aliphatic hydroxyl groups is 1. The molecular formula is C13H16O3. The first kappa shape index (κ1) is 11.1. The Hall–Kier alpha value is -1.35. The van der Waals surface area contributed by atoms with Crippen LogP contribution in [0.3, 0.4) is 0 Å². The number of carboxylic acids is 1. The highest BCUT2D eigenvalue weighted by molar-refractivity contribution is 5.83. The molecule has 1 aromatic carbocycles. The van der Waals surface area contributed by atoms with Crippen molar-refractivity contribution >= 4 is 5.97 Å². The summed E-state index contributed by atoms with van der Waals surface area (Å²) < 4.78 is 0. The third-order valence-corrected chi connectivity index (χ3v) is 3.49. The molecule has 1 saturated carbocycles. The summed E-state index contributed by atoms with van der Waals surface area (Å²) in [5.41, 5.74) is -0.415. The molecule has 0 heterocycles. The van der Waals surface area contributed by atoms with Crippen LogP contribution < -0.4 is 0 Å². The molecule has 0 saturated heterocycles. The van der Waals surface area contributed by atoms with Crippen LogP contribution in [0, 0.1) is 5.92 Å². The predicted octanol–water partition coefficient (Wildman–Crippen LogP) is 1.80. The number of hydrogen-bond acceptors (Lipinski definition) is 2. The van der Waals surface area contributed by atoms with Gasteiger partial charge in [-0.1, -0.05) is 30.3 Å². The molecule has 2 N–H and O–H groups in total. The number of aliphatic hydroxyl groups excluding tert-OH is 1. The first-order chi connectivity index (χ1) is 7.60. The van der Waals surface area contributed by atoms with E-state index < -0.39 is 17.5 Å². The van der Waals surface area contributed by atoms with Gasteiger partial charge < -0.3 is 10.2 Å². The maximum absolute atomic E-state index is 11.6. The van der Waals surface area contributed by atoms with E-state index in [9.17, 15) is 15.0 Å². The van der Waals surface area contributed by atoms with Gasteiger partial charge in [-0.3, -0.25) is 4.79 Å². The molecule has 1 aliphatic carbocycles. The molecule has 0 bridgehead atoms. The molecule has 16 heavy (non-hydrogen) atoms. The van der Waals surface area contributed by atoms with Crippen LogP contribution in [0.4, 0.5) is 0 Å². The molecule has 3 nitrogen and oxygen atoms in total. The van der Waals surface area contributed by atoms with E-state index in [0.717, 1.165) is 12.8 Å². The summed E-state index contributed by atoms with van der Waals surface area (Å²) in [4.78, 5) is 11.6. The average molecular weight is 220 g/mol. The molecule has 1 fully saturated rings. The van der Waals surface area contributed by atoms with Crippen molar-refractivity contribution in [3.8, 4) is 0 Å². The highest BCUT2D eigenvalue weighted by atomic mass is 16.4. The molecular weight excluding hydrogens is 204 g/mol. The van der Waals surface area contributed by atoms with Crippen molar-refractivity contribution in [2.24, 2.45) is 5.92 Å². The Morgan fingerprint density at radius 3 is 2.31 bits per heavy atom. The van der Waals surface area contributed by atoms with Gasteiger partial charge in [0.15, 0.2) is 0 Å². The number of carbonyl (C=O) groups is 1. The Balaban J connectivity index is 2.52. The van der Waals surface area contributed by atoms with E-state index in [-0.39, 0.29) is 5.92 Å². The van der Waals surface area contributed by atoms with Crippen LogP contribution >= 0.6 is 0 Å². The Kier molecular flexibility index (Phi) is 2.72. The number of benzene rings is 1. The minimum absolute atomic E-state index is 0.0624. The first-order valence-corrected chi connectivity index (χ1v) is 5.57. The van der Waals surface area contributed by atoms with E-state index in [1.807, 2.05) is 18.2 Å². The first-order valence-electron chi connectivity index (χ1n) is 5.57. The van der Waals surface area contributed by atoms with Gasteiger partial charge >= 0.3 is 5.97 Å². The monoisotopic (exact) mass is 220 g/mol. The third kappa shape index (κ3) is 1.52. The zero-order chi connectivity index (χ0) is 11.8. The SMILES string of the molecule is CC(O)C(C(=O)O)(c1ccccc1)C1CC1. The zero-order valence-corrected chi connectivity index (χ0v) is 9.26. The second kappa shape index (κ2) is 3.91. The standard InChI is InChI=1S/C13H16O3/c1-9(14)13(12(15)16,11-7-8-11)10-5-3-2-4-6-10/h2-6,9,11,14H,7-8H2,1H3,(H,15,16). The summed E-state index contributed by atoms with van der Waals surface area (Å²) >= 11 is 0. The molecule has 0 spiro atoms. The molecule has 3 heteroatoms. The summed E-state index contributed by atoms with van der Waals surface area (Å²) in [6.45, 7) is 1.57. The number of carboxylic acid groups (broad SMARTS) is 1. The molecule has 86 valence electrons. The van der Waals surface area contributed by atoms with Gasteiger partial charge in [0.1, 0.15) is 5.41 Å². The Bertz CT molecular complexity index is 377. The van der Waals surface area contributed by atoms with Crippen LogP contribution in [0.2, 0.25) is 0 Å². The Morgan fingerprint density at radius 1 is 1.38 bits per heavy atom. The average Bonchev–Trinajstić information content (AvgIpc) is 3.04. The van der Waals surface area contributed by atoms with Gasteiger partial charge in [0.2, 0.25) is 0 Å². The van der Waals surface area contributed by atoms with Crippen molar-refractivity contribution < 1.29 is 15.0 Å². The van der Waals surface area contributed by atoms with Gasteiger partial charge in [0, 0.05) is 0 Å². The molecule has 1 aromatic rings. The molecule has 2 atom stereocenters. The van der Waals surface area contributed by atoms with E-state index in [4.69, 9.17) is 0 Å². The van der Waals surface area contributed by atoms with Gasteiger partial charge in [-0.2, -0.15) is 0 Å². The van der Waals surface area contributed by atoms with Crippen LogP contribution in [0.25, 0.3) is 0 Å². The smallest absolute Gasteiger partial charge is 0.317 e. The molecule has 2 rings (SSSR count). The summed E-state index contributed by atoms with van der Waals surface area (Å²) in [5, 5.41) is 19.4. The zero-order valence-electron chi connectivity index (χ0n) is 9.26. The quantitative estimate of drug-likeness (QED) is 0.813. The lowest BCUT2D eigenvalue weighted by atomic mass is 9.72. The highest BCUT2D eigenvalue weighted by Crippen LogP contribution is 2.49. The molecule has 0 aliphatic heterocycles. The lowest BCUT2D eigenvalue weighted by Crippen LogP contribution is -2.47. The van der Waals surface area contributed by atoms with Crippen LogP contribution in [0.1, 0.15) is 25.3 Å². The van der Waals surface area contributed by atoms with Crippen LogP contribution in [-0.2, 0) is 10.2 Å². The Morgan fingerprint density at radius 2 is 1.94 bits per heavy atom.